The number of carbonyl (C=O) groups is 2. The molecule has 1 aliphatic heterocycles. The molecule has 1 saturated heterocycles. The van der Waals surface area contributed by atoms with E-state index in [-0.39, 0.29) is 11.8 Å². The number of amides is 2. The zero-order valence-corrected chi connectivity index (χ0v) is 14.6. The SMILES string of the molecule is CCn1ccnc1CN1CCCN(C(=O)C2(C(=O)NC)CC2)CC1. The van der Waals surface area contributed by atoms with Crippen molar-refractivity contribution < 1.29 is 9.59 Å². The Labute approximate surface area is 143 Å². The molecule has 7 heteroatoms. The van der Waals surface area contributed by atoms with Crippen LogP contribution < -0.4 is 5.32 Å². The third kappa shape index (κ3) is 3.17. The molecular weight excluding hydrogens is 306 g/mol. The average molecular weight is 333 g/mol. The fourth-order valence-electron chi connectivity index (χ4n) is 3.52. The molecule has 2 heterocycles. The molecule has 2 amide bonds. The Kier molecular flexibility index (Phi) is 4.89. The summed E-state index contributed by atoms with van der Waals surface area (Å²) in [6.45, 7) is 7.04. The van der Waals surface area contributed by atoms with E-state index in [0.717, 1.165) is 45.0 Å². The molecule has 0 aromatic carbocycles. The highest BCUT2D eigenvalue weighted by Gasteiger charge is 2.57. The quantitative estimate of drug-likeness (QED) is 0.795. The zero-order valence-electron chi connectivity index (χ0n) is 14.6. The number of nitrogens with zero attached hydrogens (tertiary/aromatic N) is 4. The van der Waals surface area contributed by atoms with Gasteiger partial charge in [0.2, 0.25) is 11.8 Å². The molecule has 2 fully saturated rings. The number of hydrogen-bond donors (Lipinski definition) is 1. The minimum absolute atomic E-state index is 0.0127. The van der Waals surface area contributed by atoms with Gasteiger partial charge in [-0.1, -0.05) is 0 Å². The van der Waals surface area contributed by atoms with Gasteiger partial charge in [0.1, 0.15) is 11.2 Å². The molecular formula is C17H27N5O2. The van der Waals surface area contributed by atoms with Crippen LogP contribution in [0.2, 0.25) is 0 Å². The second kappa shape index (κ2) is 6.93. The van der Waals surface area contributed by atoms with Gasteiger partial charge in [0.15, 0.2) is 0 Å². The average Bonchev–Trinajstić information content (AvgIpc) is 3.34. The summed E-state index contributed by atoms with van der Waals surface area (Å²) in [6, 6.07) is 0. The van der Waals surface area contributed by atoms with E-state index in [1.54, 1.807) is 7.05 Å². The molecule has 3 rings (SSSR count). The van der Waals surface area contributed by atoms with Crippen LogP contribution >= 0.6 is 0 Å². The molecule has 0 radical (unpaired) electrons. The number of imidazole rings is 1. The molecule has 0 atom stereocenters. The van der Waals surface area contributed by atoms with Crippen LogP contribution in [0.3, 0.4) is 0 Å². The summed E-state index contributed by atoms with van der Waals surface area (Å²) in [4.78, 5) is 33.5. The van der Waals surface area contributed by atoms with Gasteiger partial charge in [0.25, 0.3) is 0 Å². The van der Waals surface area contributed by atoms with Gasteiger partial charge in [0.05, 0.1) is 6.54 Å². The van der Waals surface area contributed by atoms with Crippen molar-refractivity contribution >= 4 is 11.8 Å². The topological polar surface area (TPSA) is 70.5 Å². The van der Waals surface area contributed by atoms with Crippen LogP contribution in [-0.2, 0) is 22.7 Å². The minimum atomic E-state index is -0.775. The highest BCUT2D eigenvalue weighted by atomic mass is 16.2. The van der Waals surface area contributed by atoms with Gasteiger partial charge in [-0.15, -0.1) is 0 Å². The smallest absolute Gasteiger partial charge is 0.238 e. The van der Waals surface area contributed by atoms with E-state index < -0.39 is 5.41 Å². The van der Waals surface area contributed by atoms with E-state index in [1.807, 2.05) is 17.3 Å². The Morgan fingerprint density at radius 2 is 2.04 bits per heavy atom. The third-order valence-corrected chi connectivity index (χ3v) is 5.20. The Hall–Kier alpha value is -1.89. The number of carbonyl (C=O) groups excluding carboxylic acids is 2. The van der Waals surface area contributed by atoms with Gasteiger partial charge < -0.3 is 14.8 Å². The van der Waals surface area contributed by atoms with Gasteiger partial charge in [-0.05, 0) is 26.2 Å². The lowest BCUT2D eigenvalue weighted by Gasteiger charge is -2.25. The van der Waals surface area contributed by atoms with E-state index in [1.165, 1.54) is 0 Å². The normalized spacial score (nSPS) is 20.5. The van der Waals surface area contributed by atoms with E-state index in [4.69, 9.17) is 0 Å². The Morgan fingerprint density at radius 3 is 2.71 bits per heavy atom. The second-order valence-electron chi connectivity index (χ2n) is 6.71. The fourth-order valence-corrected chi connectivity index (χ4v) is 3.52. The van der Waals surface area contributed by atoms with E-state index >= 15 is 0 Å². The lowest BCUT2D eigenvalue weighted by molar-refractivity contribution is -0.144. The fraction of sp³-hybridized carbons (Fsp3) is 0.706. The highest BCUT2D eigenvalue weighted by molar-refractivity contribution is 6.07. The first-order chi connectivity index (χ1) is 11.6. The highest BCUT2D eigenvalue weighted by Crippen LogP contribution is 2.47. The second-order valence-corrected chi connectivity index (χ2v) is 6.71. The number of aryl methyl sites for hydroxylation is 1. The van der Waals surface area contributed by atoms with Crippen molar-refractivity contribution in [2.24, 2.45) is 5.41 Å². The maximum absolute atomic E-state index is 12.8. The molecule has 1 saturated carbocycles. The summed E-state index contributed by atoms with van der Waals surface area (Å²) < 4.78 is 2.15. The van der Waals surface area contributed by atoms with Crippen LogP contribution in [0.4, 0.5) is 0 Å². The molecule has 1 aromatic heterocycles. The van der Waals surface area contributed by atoms with Crippen molar-refractivity contribution in [2.45, 2.75) is 39.3 Å². The summed E-state index contributed by atoms with van der Waals surface area (Å²) >= 11 is 0. The van der Waals surface area contributed by atoms with Crippen LogP contribution in [0.5, 0.6) is 0 Å². The standard InChI is InChI=1S/C17H27N5O2/c1-3-21-10-7-19-14(21)13-20-8-4-9-22(12-11-20)16(24)17(5-6-17)15(23)18-2/h7,10H,3-6,8-9,11-13H2,1-2H3,(H,18,23). The van der Waals surface area contributed by atoms with Gasteiger partial charge in [-0.2, -0.15) is 0 Å². The predicted molar refractivity (Wildman–Crippen MR) is 90.1 cm³/mol. The van der Waals surface area contributed by atoms with E-state index in [2.05, 4.69) is 26.7 Å². The lowest BCUT2D eigenvalue weighted by Crippen LogP contribution is -2.45. The molecule has 132 valence electrons. The molecule has 0 bridgehead atoms. The number of hydrogen-bond acceptors (Lipinski definition) is 4. The Morgan fingerprint density at radius 1 is 1.25 bits per heavy atom. The van der Waals surface area contributed by atoms with Gasteiger partial charge in [-0.25, -0.2) is 4.98 Å². The summed E-state index contributed by atoms with van der Waals surface area (Å²) in [5, 5.41) is 2.65. The number of aromatic nitrogens is 2. The van der Waals surface area contributed by atoms with E-state index in [0.29, 0.717) is 19.4 Å². The molecule has 24 heavy (non-hydrogen) atoms. The summed E-state index contributed by atoms with van der Waals surface area (Å²) in [5.74, 6) is 0.957. The Balaban J connectivity index is 1.59. The molecule has 1 N–H and O–H groups in total. The van der Waals surface area contributed by atoms with Crippen LogP contribution in [0.25, 0.3) is 0 Å². The monoisotopic (exact) mass is 333 g/mol. The number of rotatable bonds is 5. The largest absolute Gasteiger partial charge is 0.358 e. The van der Waals surface area contributed by atoms with Crippen molar-refractivity contribution in [2.75, 3.05) is 33.2 Å². The summed E-state index contributed by atoms with van der Waals surface area (Å²) in [7, 11) is 1.61. The van der Waals surface area contributed by atoms with Gasteiger partial charge in [0, 0.05) is 52.2 Å². The van der Waals surface area contributed by atoms with E-state index in [9.17, 15) is 9.59 Å². The van der Waals surface area contributed by atoms with Crippen molar-refractivity contribution in [1.82, 2.24) is 24.7 Å². The predicted octanol–water partition coefficient (Wildman–Crippen LogP) is 0.464. The molecule has 7 nitrogen and oxygen atoms in total. The maximum atomic E-state index is 12.8. The van der Waals surface area contributed by atoms with Crippen LogP contribution in [0, 0.1) is 5.41 Å². The molecule has 0 spiro atoms. The van der Waals surface area contributed by atoms with Crippen molar-refractivity contribution in [3.05, 3.63) is 18.2 Å². The molecule has 0 unspecified atom stereocenters. The lowest BCUT2D eigenvalue weighted by atomic mass is 10.0. The first-order valence-electron chi connectivity index (χ1n) is 8.84. The zero-order chi connectivity index (χ0) is 17.2. The van der Waals surface area contributed by atoms with Crippen LogP contribution in [0.1, 0.15) is 32.0 Å². The van der Waals surface area contributed by atoms with Crippen LogP contribution in [-0.4, -0.2) is 64.4 Å². The molecule has 1 aliphatic carbocycles. The minimum Gasteiger partial charge on any atom is -0.358 e. The summed E-state index contributed by atoms with van der Waals surface area (Å²) in [5.41, 5.74) is -0.775. The van der Waals surface area contributed by atoms with Crippen molar-refractivity contribution in [3.8, 4) is 0 Å². The summed E-state index contributed by atoms with van der Waals surface area (Å²) in [6.07, 6.45) is 6.14. The first-order valence-corrected chi connectivity index (χ1v) is 8.84. The van der Waals surface area contributed by atoms with Gasteiger partial charge >= 0.3 is 0 Å². The first kappa shape index (κ1) is 17.0. The molecule has 2 aliphatic rings. The maximum Gasteiger partial charge on any atom is 0.238 e. The van der Waals surface area contributed by atoms with Crippen molar-refractivity contribution in [3.63, 3.8) is 0 Å². The van der Waals surface area contributed by atoms with Crippen molar-refractivity contribution in [1.29, 1.82) is 0 Å². The molecule has 1 aromatic rings. The van der Waals surface area contributed by atoms with Gasteiger partial charge in [-0.3, -0.25) is 14.5 Å². The number of nitrogens with one attached hydrogen (secondary N) is 1. The Bertz CT molecular complexity index is 608. The van der Waals surface area contributed by atoms with Crippen LogP contribution in [0.15, 0.2) is 12.4 Å². The third-order valence-electron chi connectivity index (χ3n) is 5.20.